The van der Waals surface area contributed by atoms with Gasteiger partial charge in [-0.3, -0.25) is 14.5 Å². The highest BCUT2D eigenvalue weighted by atomic mass is 16.6. The molecule has 1 heterocycles. The fourth-order valence-corrected chi connectivity index (χ4v) is 3.17. The van der Waals surface area contributed by atoms with Crippen LogP contribution in [0.1, 0.15) is 64.7 Å². The van der Waals surface area contributed by atoms with Gasteiger partial charge in [0.1, 0.15) is 5.75 Å². The molecule has 1 aliphatic heterocycles. The molecule has 0 unspecified atom stereocenters. The lowest BCUT2D eigenvalue weighted by Gasteiger charge is -2.28. The summed E-state index contributed by atoms with van der Waals surface area (Å²) in [6, 6.07) is 3.27. The van der Waals surface area contributed by atoms with E-state index in [4.69, 9.17) is 0 Å². The zero-order chi connectivity index (χ0) is 20.6. The number of carbonyl (C=O) groups is 2. The number of urea groups is 1. The summed E-state index contributed by atoms with van der Waals surface area (Å²) in [5.41, 5.74) is 4.76. The maximum atomic E-state index is 12.5. The van der Waals surface area contributed by atoms with E-state index >= 15 is 0 Å². The van der Waals surface area contributed by atoms with Gasteiger partial charge >= 0.3 is 6.03 Å². The second-order valence-corrected chi connectivity index (χ2v) is 8.95. The Morgan fingerprint density at radius 3 is 2.11 bits per heavy atom. The largest absolute Gasteiger partial charge is 0.507 e. The first kappa shape index (κ1) is 21.0. The predicted molar refractivity (Wildman–Crippen MR) is 105 cm³/mol. The van der Waals surface area contributed by atoms with Crippen molar-refractivity contribution < 1.29 is 19.5 Å². The van der Waals surface area contributed by atoms with Gasteiger partial charge in [-0.05, 0) is 41.0 Å². The molecule has 0 saturated carbocycles. The summed E-state index contributed by atoms with van der Waals surface area (Å²) in [4.78, 5) is 30.2. The van der Waals surface area contributed by atoms with Crippen LogP contribution in [-0.4, -0.2) is 35.6 Å². The molecule has 0 atom stereocenters. The number of phenolic OH excluding ortho intramolecular Hbond substituents is 1. The summed E-state index contributed by atoms with van der Waals surface area (Å²) in [6.07, 6.45) is 2.29. The molecule has 0 spiro atoms. The topological polar surface area (TPSA) is 78.9 Å². The van der Waals surface area contributed by atoms with E-state index in [0.717, 1.165) is 21.6 Å². The Balaban J connectivity index is 2.49. The van der Waals surface area contributed by atoms with E-state index < -0.39 is 6.03 Å². The number of aromatic hydroxyl groups is 1. The van der Waals surface area contributed by atoms with Crippen LogP contribution in [0.2, 0.25) is 0 Å². The Labute approximate surface area is 161 Å². The van der Waals surface area contributed by atoms with Gasteiger partial charge in [-0.15, -0.1) is 0 Å². The molecule has 1 fully saturated rings. The smallest absolute Gasteiger partial charge is 0.348 e. The molecule has 1 aromatic carbocycles. The first-order valence-corrected chi connectivity index (χ1v) is 9.09. The van der Waals surface area contributed by atoms with Crippen molar-refractivity contribution in [2.75, 3.05) is 13.7 Å². The molecule has 6 nitrogen and oxygen atoms in total. The number of phenols is 1. The summed E-state index contributed by atoms with van der Waals surface area (Å²) in [7, 11) is 1.33. The van der Waals surface area contributed by atoms with Crippen molar-refractivity contribution in [2.45, 2.75) is 58.8 Å². The predicted octanol–water partition coefficient (Wildman–Crippen LogP) is 3.87. The van der Waals surface area contributed by atoms with E-state index in [1.807, 2.05) is 59.8 Å². The molecule has 0 bridgehead atoms. The Hall–Kier alpha value is -2.34. The number of amides is 3. The van der Waals surface area contributed by atoms with E-state index in [2.05, 4.69) is 10.3 Å². The fraction of sp³-hybridized carbons (Fsp3) is 0.524. The van der Waals surface area contributed by atoms with Gasteiger partial charge in [0.15, 0.2) is 0 Å². The first-order valence-electron chi connectivity index (χ1n) is 9.09. The number of hydroxylamine groups is 1. The van der Waals surface area contributed by atoms with Gasteiger partial charge in [0.2, 0.25) is 0 Å². The van der Waals surface area contributed by atoms with Crippen LogP contribution in [0.25, 0.3) is 6.08 Å². The molecule has 2 N–H and O–H groups in total. The lowest BCUT2D eigenvalue weighted by atomic mass is 9.78. The minimum Gasteiger partial charge on any atom is -0.507 e. The quantitative estimate of drug-likeness (QED) is 0.608. The third kappa shape index (κ3) is 4.50. The van der Waals surface area contributed by atoms with Crippen LogP contribution in [-0.2, 0) is 20.5 Å². The fourth-order valence-electron chi connectivity index (χ4n) is 3.17. The lowest BCUT2D eigenvalue weighted by Crippen LogP contribution is -2.40. The number of nitrogens with zero attached hydrogens (tertiary/aromatic N) is 1. The number of hydrogen-bond acceptors (Lipinski definition) is 4. The van der Waals surface area contributed by atoms with Gasteiger partial charge in [-0.2, -0.15) is 0 Å². The first-order chi connectivity index (χ1) is 12.4. The summed E-state index contributed by atoms with van der Waals surface area (Å²) in [5.74, 6) is -0.0248. The highest BCUT2D eigenvalue weighted by molar-refractivity contribution is 6.08. The Morgan fingerprint density at radius 1 is 1.15 bits per heavy atom. The molecular formula is C21H30N2O4. The zero-order valence-corrected chi connectivity index (χ0v) is 17.3. The molecule has 3 amide bonds. The highest BCUT2D eigenvalue weighted by Crippen LogP contribution is 2.40. The zero-order valence-electron chi connectivity index (χ0n) is 17.3. The second kappa shape index (κ2) is 7.35. The number of benzene rings is 1. The Bertz CT molecular complexity index is 747. The molecule has 6 heteroatoms. The van der Waals surface area contributed by atoms with Crippen LogP contribution < -0.4 is 5.48 Å². The van der Waals surface area contributed by atoms with Crippen molar-refractivity contribution in [3.05, 3.63) is 34.4 Å². The Morgan fingerprint density at radius 2 is 1.67 bits per heavy atom. The summed E-state index contributed by atoms with van der Waals surface area (Å²) < 4.78 is 0. The molecular weight excluding hydrogens is 344 g/mol. The number of rotatable bonds is 2. The number of likely N-dealkylation sites (tertiary alicyclic amines) is 1. The van der Waals surface area contributed by atoms with Gasteiger partial charge in [-0.25, -0.2) is 10.3 Å². The summed E-state index contributed by atoms with van der Waals surface area (Å²) >= 11 is 0. The molecule has 27 heavy (non-hydrogen) atoms. The minimum atomic E-state index is -0.567. The number of imide groups is 1. The van der Waals surface area contributed by atoms with E-state index in [1.54, 1.807) is 0 Å². The van der Waals surface area contributed by atoms with Gasteiger partial charge < -0.3 is 5.11 Å². The third-order valence-electron chi connectivity index (χ3n) is 4.65. The number of carbonyl (C=O) groups excluding carboxylic acids is 2. The van der Waals surface area contributed by atoms with Crippen LogP contribution in [0.3, 0.4) is 0 Å². The van der Waals surface area contributed by atoms with Crippen molar-refractivity contribution in [1.29, 1.82) is 0 Å². The number of nitrogens with one attached hydrogen (secondary N) is 1. The van der Waals surface area contributed by atoms with Crippen LogP contribution in [0.5, 0.6) is 5.75 Å². The average molecular weight is 374 g/mol. The van der Waals surface area contributed by atoms with Crippen molar-refractivity contribution in [3.63, 3.8) is 0 Å². The van der Waals surface area contributed by atoms with Crippen LogP contribution >= 0.6 is 0 Å². The minimum absolute atomic E-state index is 0.247. The van der Waals surface area contributed by atoms with Gasteiger partial charge in [-0.1, -0.05) is 41.5 Å². The van der Waals surface area contributed by atoms with Crippen LogP contribution in [0.4, 0.5) is 4.79 Å². The van der Waals surface area contributed by atoms with Crippen LogP contribution in [0.15, 0.2) is 17.7 Å². The molecule has 148 valence electrons. The average Bonchev–Trinajstić information content (AvgIpc) is 2.88. The molecule has 0 aromatic heterocycles. The SMILES string of the molecule is CONC(=O)N1CC/C(=C/c2cc(C(C)(C)C)c(O)c(C(C)(C)C)c2)C1=O. The number of hydrogen-bond donors (Lipinski definition) is 2. The lowest BCUT2D eigenvalue weighted by molar-refractivity contribution is -0.122. The third-order valence-corrected chi connectivity index (χ3v) is 4.65. The van der Waals surface area contributed by atoms with Gasteiger partial charge in [0.05, 0.1) is 7.11 Å². The second-order valence-electron chi connectivity index (χ2n) is 8.95. The summed E-state index contributed by atoms with van der Waals surface area (Å²) in [5, 5.41) is 10.8. The summed E-state index contributed by atoms with van der Waals surface area (Å²) in [6.45, 7) is 12.6. The highest BCUT2D eigenvalue weighted by Gasteiger charge is 2.32. The monoisotopic (exact) mass is 374 g/mol. The van der Waals surface area contributed by atoms with Gasteiger partial charge in [0, 0.05) is 23.2 Å². The van der Waals surface area contributed by atoms with E-state index in [9.17, 15) is 14.7 Å². The molecule has 2 rings (SSSR count). The molecule has 0 radical (unpaired) electrons. The molecule has 1 saturated heterocycles. The maximum absolute atomic E-state index is 12.5. The van der Waals surface area contributed by atoms with E-state index in [0.29, 0.717) is 24.3 Å². The van der Waals surface area contributed by atoms with Crippen molar-refractivity contribution in [2.24, 2.45) is 0 Å². The molecule has 1 aliphatic rings. The molecule has 1 aromatic rings. The van der Waals surface area contributed by atoms with Crippen LogP contribution in [0, 0.1) is 0 Å². The van der Waals surface area contributed by atoms with Gasteiger partial charge in [0.25, 0.3) is 5.91 Å². The molecule has 0 aliphatic carbocycles. The van der Waals surface area contributed by atoms with Crippen molar-refractivity contribution in [1.82, 2.24) is 10.4 Å². The Kier molecular flexibility index (Phi) is 5.71. The van der Waals surface area contributed by atoms with Crippen molar-refractivity contribution >= 4 is 18.0 Å². The maximum Gasteiger partial charge on any atom is 0.348 e. The van der Waals surface area contributed by atoms with E-state index in [-0.39, 0.29) is 16.7 Å². The normalized spacial score (nSPS) is 16.9. The standard InChI is InChI=1S/C21H30N2O4/c1-20(2,3)15-11-13(12-16(17(15)24)21(4,5)6)10-14-8-9-23(18(14)25)19(26)22-27-7/h10-12,24H,8-9H2,1-7H3,(H,22,26)/b14-10-. The van der Waals surface area contributed by atoms with E-state index in [1.165, 1.54) is 7.11 Å². The van der Waals surface area contributed by atoms with Crippen molar-refractivity contribution in [3.8, 4) is 5.75 Å².